The molecule has 4 nitrogen and oxygen atoms in total. The Bertz CT molecular complexity index is 1320. The zero-order chi connectivity index (χ0) is 23.0. The van der Waals surface area contributed by atoms with E-state index in [0.717, 1.165) is 27.8 Å². The van der Waals surface area contributed by atoms with Crippen molar-refractivity contribution < 1.29 is 10.2 Å². The molecule has 0 bridgehead atoms. The molecule has 0 radical (unpaired) electrons. The van der Waals surface area contributed by atoms with E-state index in [2.05, 4.69) is 22.1 Å². The van der Waals surface area contributed by atoms with E-state index in [4.69, 9.17) is 0 Å². The van der Waals surface area contributed by atoms with Gasteiger partial charge in [-0.25, -0.2) is 0 Å². The van der Waals surface area contributed by atoms with E-state index in [-0.39, 0.29) is 11.5 Å². The van der Waals surface area contributed by atoms with Crippen molar-refractivity contribution in [3.8, 4) is 11.5 Å². The number of aliphatic imine (C=N–C) groups is 2. The topological polar surface area (TPSA) is 65.2 Å². The molecule has 0 heterocycles. The van der Waals surface area contributed by atoms with Crippen molar-refractivity contribution in [1.82, 2.24) is 0 Å². The van der Waals surface area contributed by atoms with Gasteiger partial charge in [0.05, 0.1) is 0 Å². The van der Waals surface area contributed by atoms with Gasteiger partial charge in [-0.2, -0.15) is 0 Å². The number of phenols is 2. The highest BCUT2D eigenvalue weighted by atomic mass is 16.3. The maximum Gasteiger partial charge on any atom is 0.141 e. The molecule has 0 spiro atoms. The normalized spacial score (nSPS) is 11.7. The first-order valence-electron chi connectivity index (χ1n) is 10.6. The van der Waals surface area contributed by atoms with Crippen molar-refractivity contribution in [2.75, 3.05) is 0 Å². The third-order valence-electron chi connectivity index (χ3n) is 5.06. The molecule has 0 saturated heterocycles. The summed E-state index contributed by atoms with van der Waals surface area (Å²) in [6.45, 7) is 1.93. The molecule has 2 N–H and O–H groups in total. The Labute approximate surface area is 193 Å². The van der Waals surface area contributed by atoms with E-state index in [1.54, 1.807) is 42.8 Å². The number of para-hydroxylation sites is 2. The second-order valence-electron chi connectivity index (χ2n) is 7.66. The average molecular weight is 433 g/mol. The van der Waals surface area contributed by atoms with Gasteiger partial charge in [0.25, 0.3) is 0 Å². The lowest BCUT2D eigenvalue weighted by atomic mass is 10.1. The molecule has 4 heteroatoms. The van der Waals surface area contributed by atoms with Crippen molar-refractivity contribution in [3.05, 3.63) is 119 Å². The van der Waals surface area contributed by atoms with Crippen molar-refractivity contribution in [2.24, 2.45) is 9.98 Å². The fourth-order valence-corrected chi connectivity index (χ4v) is 3.18. The predicted octanol–water partition coefficient (Wildman–Crippen LogP) is 7.08. The first kappa shape index (κ1) is 21.8. The molecule has 162 valence electrons. The average Bonchev–Trinajstić information content (AvgIpc) is 2.83. The second-order valence-corrected chi connectivity index (χ2v) is 7.66. The minimum atomic E-state index is 0.166. The summed E-state index contributed by atoms with van der Waals surface area (Å²) in [6, 6.07) is 28.5. The first-order valence-corrected chi connectivity index (χ1v) is 10.6. The van der Waals surface area contributed by atoms with Crippen LogP contribution in [0.1, 0.15) is 27.8 Å². The number of aromatic hydroxyl groups is 2. The van der Waals surface area contributed by atoms with Crippen LogP contribution in [-0.4, -0.2) is 22.6 Å². The standard InChI is InChI=1S/C29H24N2O2/c1-21-6-17-27(29(33)18-21)31-20-25-15-11-23(12-16-25)8-7-22-9-13-24(14-10-22)19-30-26-4-2-3-5-28(26)32/h2-20,32-33H,1H3/b8-7+,30-19?,31-20?. The number of aryl methyl sites for hydroxylation is 1. The van der Waals surface area contributed by atoms with E-state index in [9.17, 15) is 10.2 Å². The van der Waals surface area contributed by atoms with Crippen molar-refractivity contribution in [3.63, 3.8) is 0 Å². The van der Waals surface area contributed by atoms with Crippen LogP contribution >= 0.6 is 0 Å². The van der Waals surface area contributed by atoms with Crippen LogP contribution < -0.4 is 0 Å². The summed E-state index contributed by atoms with van der Waals surface area (Å²) in [6.07, 6.45) is 7.59. The van der Waals surface area contributed by atoms with Gasteiger partial charge in [0.15, 0.2) is 0 Å². The summed E-state index contributed by atoms with van der Waals surface area (Å²) in [5.74, 6) is 0.347. The Balaban J connectivity index is 1.38. The fourth-order valence-electron chi connectivity index (χ4n) is 3.18. The molecule has 0 unspecified atom stereocenters. The smallest absolute Gasteiger partial charge is 0.141 e. The molecule has 4 aromatic rings. The number of hydrogen-bond acceptors (Lipinski definition) is 4. The zero-order valence-electron chi connectivity index (χ0n) is 18.3. The van der Waals surface area contributed by atoms with Gasteiger partial charge in [-0.3, -0.25) is 9.98 Å². The molecule has 0 aliphatic carbocycles. The molecule has 0 aromatic heterocycles. The van der Waals surface area contributed by atoms with Crippen LogP contribution in [0.5, 0.6) is 11.5 Å². The Hall–Kier alpha value is -4.44. The van der Waals surface area contributed by atoms with Crippen molar-refractivity contribution in [2.45, 2.75) is 6.92 Å². The largest absolute Gasteiger partial charge is 0.506 e. The van der Waals surface area contributed by atoms with E-state index < -0.39 is 0 Å². The quantitative estimate of drug-likeness (QED) is 0.253. The number of benzene rings is 4. The zero-order valence-corrected chi connectivity index (χ0v) is 18.3. The lowest BCUT2D eigenvalue weighted by molar-refractivity contribution is 0.476. The number of nitrogens with zero attached hydrogens (tertiary/aromatic N) is 2. The number of phenolic OH excluding ortho intramolecular Hbond substituents is 2. The van der Waals surface area contributed by atoms with Crippen molar-refractivity contribution >= 4 is 36.0 Å². The van der Waals surface area contributed by atoms with Crippen LogP contribution in [0, 0.1) is 6.92 Å². The molecule has 4 rings (SSSR count). The van der Waals surface area contributed by atoms with Crippen LogP contribution in [0.3, 0.4) is 0 Å². The monoisotopic (exact) mass is 432 g/mol. The number of rotatable bonds is 6. The molecule has 0 aliphatic rings. The van der Waals surface area contributed by atoms with E-state index in [1.165, 1.54) is 0 Å². The predicted molar refractivity (Wildman–Crippen MR) is 137 cm³/mol. The summed E-state index contributed by atoms with van der Waals surface area (Å²) in [5, 5.41) is 19.8. The molecule has 0 aliphatic heterocycles. The summed E-state index contributed by atoms with van der Waals surface area (Å²) in [4.78, 5) is 8.70. The molecule has 0 atom stereocenters. The highest BCUT2D eigenvalue weighted by Crippen LogP contribution is 2.27. The molecule has 4 aromatic carbocycles. The van der Waals surface area contributed by atoms with Crippen LogP contribution in [0.4, 0.5) is 11.4 Å². The molecular formula is C29H24N2O2. The van der Waals surface area contributed by atoms with E-state index in [0.29, 0.717) is 11.4 Å². The molecule has 0 saturated carbocycles. The Kier molecular flexibility index (Phi) is 6.76. The van der Waals surface area contributed by atoms with E-state index >= 15 is 0 Å². The van der Waals surface area contributed by atoms with Gasteiger partial charge in [-0.1, -0.05) is 78.9 Å². The van der Waals surface area contributed by atoms with E-state index in [1.807, 2.05) is 67.6 Å². The molecule has 0 amide bonds. The summed E-state index contributed by atoms with van der Waals surface area (Å²) >= 11 is 0. The van der Waals surface area contributed by atoms with Gasteiger partial charge in [0.1, 0.15) is 22.9 Å². The summed E-state index contributed by atoms with van der Waals surface area (Å²) in [5.41, 5.74) is 6.17. The Morgan fingerprint density at radius 3 is 1.55 bits per heavy atom. The number of hydrogen-bond donors (Lipinski definition) is 2. The van der Waals surface area contributed by atoms with Gasteiger partial charge in [-0.15, -0.1) is 0 Å². The third kappa shape index (κ3) is 6.05. The summed E-state index contributed by atoms with van der Waals surface area (Å²) in [7, 11) is 0. The minimum Gasteiger partial charge on any atom is -0.506 e. The fraction of sp³-hybridized carbons (Fsp3) is 0.0345. The van der Waals surface area contributed by atoms with Gasteiger partial charge < -0.3 is 10.2 Å². The van der Waals surface area contributed by atoms with Crippen LogP contribution in [0.15, 0.2) is 101 Å². The highest BCUT2D eigenvalue weighted by Gasteiger charge is 1.99. The molecule has 0 fully saturated rings. The SMILES string of the molecule is Cc1ccc(N=Cc2ccc(/C=C/c3ccc(C=Nc4ccccc4O)cc3)cc2)c(O)c1. The Morgan fingerprint density at radius 1 is 0.545 bits per heavy atom. The Morgan fingerprint density at radius 2 is 1.03 bits per heavy atom. The van der Waals surface area contributed by atoms with Crippen LogP contribution in [-0.2, 0) is 0 Å². The lowest BCUT2D eigenvalue weighted by Crippen LogP contribution is -1.82. The molecular weight excluding hydrogens is 408 g/mol. The van der Waals surface area contributed by atoms with Crippen LogP contribution in [0.25, 0.3) is 12.2 Å². The minimum absolute atomic E-state index is 0.166. The lowest BCUT2D eigenvalue weighted by Gasteiger charge is -2.00. The maximum absolute atomic E-state index is 9.96. The van der Waals surface area contributed by atoms with Crippen LogP contribution in [0.2, 0.25) is 0 Å². The third-order valence-corrected chi connectivity index (χ3v) is 5.06. The van der Waals surface area contributed by atoms with Gasteiger partial charge >= 0.3 is 0 Å². The second kappa shape index (κ2) is 10.2. The van der Waals surface area contributed by atoms with Gasteiger partial charge in [0, 0.05) is 12.4 Å². The maximum atomic E-state index is 9.96. The first-order chi connectivity index (χ1) is 16.1. The molecule has 33 heavy (non-hydrogen) atoms. The highest BCUT2D eigenvalue weighted by molar-refractivity contribution is 5.84. The van der Waals surface area contributed by atoms with Crippen molar-refractivity contribution in [1.29, 1.82) is 0 Å². The van der Waals surface area contributed by atoms with Gasteiger partial charge in [-0.05, 0) is 59.0 Å². The van der Waals surface area contributed by atoms with Gasteiger partial charge in [0.2, 0.25) is 0 Å². The summed E-state index contributed by atoms with van der Waals surface area (Å²) < 4.78 is 0.